The Bertz CT molecular complexity index is 983. The first-order valence-corrected chi connectivity index (χ1v) is 11.8. The third kappa shape index (κ3) is 6.86. The second-order valence-electron chi connectivity index (χ2n) is 9.29. The van der Waals surface area contributed by atoms with E-state index in [2.05, 4.69) is 52.8 Å². The predicted octanol–water partition coefficient (Wildman–Crippen LogP) is 2.90. The highest BCUT2D eigenvalue weighted by atomic mass is 16.4. The molecule has 2 saturated carbocycles. The number of hydrogen-bond acceptors (Lipinski definition) is 6. The van der Waals surface area contributed by atoms with Gasteiger partial charge in [0, 0.05) is 30.9 Å². The molecule has 0 amide bonds. The summed E-state index contributed by atoms with van der Waals surface area (Å²) in [6, 6.07) is 16.0. The lowest BCUT2D eigenvalue weighted by Gasteiger charge is -2.55. The number of pyridine rings is 1. The Hall–Kier alpha value is -3.30. The van der Waals surface area contributed by atoms with E-state index in [-0.39, 0.29) is 0 Å². The monoisotopic (exact) mass is 484 g/mol. The van der Waals surface area contributed by atoms with Gasteiger partial charge in [0.2, 0.25) is 0 Å². The van der Waals surface area contributed by atoms with Crippen molar-refractivity contribution in [1.29, 1.82) is 0 Å². The number of nitrogens with zero attached hydrogens (tertiary/aromatic N) is 1. The van der Waals surface area contributed by atoms with Crippen molar-refractivity contribution < 1.29 is 34.8 Å². The van der Waals surface area contributed by atoms with Crippen LogP contribution >= 0.6 is 0 Å². The zero-order chi connectivity index (χ0) is 25.4. The molecule has 4 atom stereocenters. The zero-order valence-electron chi connectivity index (χ0n) is 19.4. The SMILES string of the molecule is O=C(O)CC(O)(CC(=O)O)C(=O)O.c1ccc([C@H]2C3CCCCC3[C@@H]2NCc2ccncc2)cc1. The maximum atomic E-state index is 10.3. The molecule has 9 heteroatoms. The number of fused-ring (bicyclic) bond motifs is 1. The smallest absolute Gasteiger partial charge is 0.336 e. The van der Waals surface area contributed by atoms with Crippen molar-refractivity contribution in [3.63, 3.8) is 0 Å². The summed E-state index contributed by atoms with van der Waals surface area (Å²) in [6.07, 6.45) is 7.13. The average Bonchev–Trinajstić information content (AvgIpc) is 2.80. The fourth-order valence-corrected chi connectivity index (χ4v) is 5.33. The summed E-state index contributed by atoms with van der Waals surface area (Å²) in [4.78, 5) is 34.6. The van der Waals surface area contributed by atoms with Crippen molar-refractivity contribution in [3.05, 3.63) is 66.0 Å². The first kappa shape index (κ1) is 26.3. The Labute approximate surface area is 203 Å². The molecule has 188 valence electrons. The summed E-state index contributed by atoms with van der Waals surface area (Å²) < 4.78 is 0. The van der Waals surface area contributed by atoms with Crippen LogP contribution in [-0.4, -0.2) is 55.0 Å². The minimum atomic E-state index is -2.74. The van der Waals surface area contributed by atoms with Crippen molar-refractivity contribution >= 4 is 17.9 Å². The summed E-state index contributed by atoms with van der Waals surface area (Å²) in [5.41, 5.74) is 0.122. The molecule has 0 saturated heterocycles. The number of nitrogens with one attached hydrogen (secondary N) is 1. The third-order valence-electron chi connectivity index (χ3n) is 6.95. The molecule has 2 aromatic rings. The molecule has 35 heavy (non-hydrogen) atoms. The van der Waals surface area contributed by atoms with Gasteiger partial charge >= 0.3 is 17.9 Å². The van der Waals surface area contributed by atoms with E-state index in [0.29, 0.717) is 12.0 Å². The van der Waals surface area contributed by atoms with Crippen LogP contribution in [0.3, 0.4) is 0 Å². The van der Waals surface area contributed by atoms with E-state index in [4.69, 9.17) is 20.4 Å². The summed E-state index contributed by atoms with van der Waals surface area (Å²) in [5.74, 6) is -2.55. The van der Waals surface area contributed by atoms with Gasteiger partial charge in [-0.25, -0.2) is 4.79 Å². The van der Waals surface area contributed by atoms with Crippen molar-refractivity contribution in [1.82, 2.24) is 10.3 Å². The fraction of sp³-hybridized carbons (Fsp3) is 0.462. The molecule has 2 aliphatic rings. The van der Waals surface area contributed by atoms with Gasteiger partial charge in [-0.15, -0.1) is 0 Å². The lowest BCUT2D eigenvalue weighted by atomic mass is 9.53. The largest absolute Gasteiger partial charge is 0.481 e. The lowest BCUT2D eigenvalue weighted by Crippen LogP contribution is -2.57. The van der Waals surface area contributed by atoms with Gasteiger partial charge < -0.3 is 25.7 Å². The van der Waals surface area contributed by atoms with Crippen LogP contribution in [0, 0.1) is 11.8 Å². The quantitative estimate of drug-likeness (QED) is 0.361. The topological polar surface area (TPSA) is 157 Å². The van der Waals surface area contributed by atoms with Crippen molar-refractivity contribution in [2.75, 3.05) is 0 Å². The number of carbonyl (C=O) groups is 3. The second kappa shape index (κ2) is 11.9. The van der Waals surface area contributed by atoms with Crippen molar-refractivity contribution in [2.24, 2.45) is 11.8 Å². The Morgan fingerprint density at radius 3 is 2.00 bits per heavy atom. The van der Waals surface area contributed by atoms with Crippen LogP contribution in [-0.2, 0) is 20.9 Å². The predicted molar refractivity (Wildman–Crippen MR) is 127 cm³/mol. The van der Waals surface area contributed by atoms with Crippen LogP contribution in [0.25, 0.3) is 0 Å². The van der Waals surface area contributed by atoms with Gasteiger partial charge in [-0.05, 0) is 47.9 Å². The molecule has 5 N–H and O–H groups in total. The highest BCUT2D eigenvalue weighted by molar-refractivity contribution is 5.88. The fourth-order valence-electron chi connectivity index (χ4n) is 5.33. The zero-order valence-corrected chi connectivity index (χ0v) is 19.4. The van der Waals surface area contributed by atoms with E-state index in [0.717, 1.165) is 18.4 Å². The molecular formula is C26H32N2O7. The number of rotatable bonds is 9. The summed E-state index contributed by atoms with van der Waals surface area (Å²) in [7, 11) is 0. The molecular weight excluding hydrogens is 452 g/mol. The van der Waals surface area contributed by atoms with Crippen LogP contribution in [0.4, 0.5) is 0 Å². The van der Waals surface area contributed by atoms with Gasteiger partial charge in [-0.1, -0.05) is 43.2 Å². The maximum Gasteiger partial charge on any atom is 0.336 e. The molecule has 9 nitrogen and oxygen atoms in total. The molecule has 0 spiro atoms. The summed E-state index contributed by atoms with van der Waals surface area (Å²) in [5, 5.41) is 37.7. The summed E-state index contributed by atoms with van der Waals surface area (Å²) in [6.45, 7) is 0.958. The van der Waals surface area contributed by atoms with Gasteiger partial charge in [0.1, 0.15) is 0 Å². The van der Waals surface area contributed by atoms with Gasteiger partial charge in [0.05, 0.1) is 12.8 Å². The average molecular weight is 485 g/mol. The number of carboxylic acid groups (broad SMARTS) is 3. The van der Waals surface area contributed by atoms with Gasteiger partial charge in [0.15, 0.2) is 5.60 Å². The lowest BCUT2D eigenvalue weighted by molar-refractivity contribution is -0.170. The number of aromatic nitrogens is 1. The molecule has 1 aromatic heterocycles. The first-order chi connectivity index (χ1) is 16.7. The van der Waals surface area contributed by atoms with Gasteiger partial charge in [-0.2, -0.15) is 0 Å². The third-order valence-corrected chi connectivity index (χ3v) is 6.95. The molecule has 2 aliphatic carbocycles. The van der Waals surface area contributed by atoms with Gasteiger partial charge in [0.25, 0.3) is 0 Å². The van der Waals surface area contributed by atoms with E-state index >= 15 is 0 Å². The maximum absolute atomic E-state index is 10.3. The molecule has 1 heterocycles. The van der Waals surface area contributed by atoms with Crippen molar-refractivity contribution in [3.8, 4) is 0 Å². The number of hydrogen-bond donors (Lipinski definition) is 5. The first-order valence-electron chi connectivity index (χ1n) is 11.8. The molecule has 4 rings (SSSR count). The van der Waals surface area contributed by atoms with E-state index in [1.807, 2.05) is 12.4 Å². The number of aliphatic hydroxyl groups is 1. The van der Waals surface area contributed by atoms with Crippen LogP contribution in [0.15, 0.2) is 54.9 Å². The van der Waals surface area contributed by atoms with Crippen LogP contribution < -0.4 is 5.32 Å². The Balaban J connectivity index is 0.000000228. The van der Waals surface area contributed by atoms with Crippen LogP contribution in [0.5, 0.6) is 0 Å². The minimum Gasteiger partial charge on any atom is -0.481 e. The van der Waals surface area contributed by atoms with E-state index < -0.39 is 36.4 Å². The Kier molecular flexibility index (Phi) is 8.95. The molecule has 0 bridgehead atoms. The molecule has 0 radical (unpaired) electrons. The van der Waals surface area contributed by atoms with Gasteiger partial charge in [-0.3, -0.25) is 14.6 Å². The highest BCUT2D eigenvalue weighted by Gasteiger charge is 2.50. The Morgan fingerprint density at radius 1 is 0.886 bits per heavy atom. The van der Waals surface area contributed by atoms with Crippen LogP contribution in [0.1, 0.15) is 55.6 Å². The molecule has 0 aliphatic heterocycles. The van der Waals surface area contributed by atoms with E-state index in [1.165, 1.54) is 36.8 Å². The van der Waals surface area contributed by atoms with E-state index in [9.17, 15) is 14.4 Å². The van der Waals surface area contributed by atoms with Crippen LogP contribution in [0.2, 0.25) is 0 Å². The number of benzene rings is 1. The van der Waals surface area contributed by atoms with E-state index in [1.54, 1.807) is 0 Å². The standard InChI is InChI=1S/C20H24N2.C6H8O7/c1-2-6-16(7-3-1)19-17-8-4-5-9-18(17)20(19)22-14-15-10-12-21-13-11-15;7-3(8)1-6(13,5(11)12)2-4(9)10/h1-3,6-7,10-13,17-20,22H,4-5,8-9,14H2;13H,1-2H2,(H,7,8)(H,9,10)(H,11,12)/t17?,18?,19-,20-;/m0./s1. The Morgan fingerprint density at radius 2 is 1.46 bits per heavy atom. The van der Waals surface area contributed by atoms with Crippen molar-refractivity contribution in [2.45, 2.75) is 62.6 Å². The number of aliphatic carboxylic acids is 3. The highest BCUT2D eigenvalue weighted by Crippen LogP contribution is 2.54. The summed E-state index contributed by atoms with van der Waals surface area (Å²) >= 11 is 0. The minimum absolute atomic E-state index is 0.640. The normalized spacial score (nSPS) is 23.1. The molecule has 2 fully saturated rings. The molecule has 2 unspecified atom stereocenters. The number of carboxylic acids is 3. The molecule has 1 aromatic carbocycles. The second-order valence-corrected chi connectivity index (χ2v) is 9.29.